The van der Waals surface area contributed by atoms with E-state index in [2.05, 4.69) is 15.2 Å². The smallest absolute Gasteiger partial charge is 0.182 e. The van der Waals surface area contributed by atoms with Gasteiger partial charge in [-0.3, -0.25) is 4.40 Å². The Hall–Kier alpha value is -1.16. The van der Waals surface area contributed by atoms with E-state index in [0.29, 0.717) is 10.7 Å². The molecular formula is C6H5ClN4. The average molecular weight is 169 g/mol. The van der Waals surface area contributed by atoms with Crippen LogP contribution in [0.4, 0.5) is 0 Å². The first kappa shape index (κ1) is 6.54. The van der Waals surface area contributed by atoms with Crippen molar-refractivity contribution in [2.45, 2.75) is 6.92 Å². The molecule has 2 aromatic rings. The van der Waals surface area contributed by atoms with Gasteiger partial charge in [-0.2, -0.15) is 0 Å². The maximum atomic E-state index is 5.78. The van der Waals surface area contributed by atoms with Crippen molar-refractivity contribution in [2.24, 2.45) is 0 Å². The van der Waals surface area contributed by atoms with Crippen LogP contribution in [0.1, 0.15) is 5.82 Å². The number of hydrogen-bond acceptors (Lipinski definition) is 3. The van der Waals surface area contributed by atoms with Gasteiger partial charge in [0.05, 0.1) is 6.20 Å². The summed E-state index contributed by atoms with van der Waals surface area (Å²) >= 11 is 5.78. The molecule has 0 aromatic carbocycles. The van der Waals surface area contributed by atoms with Crippen LogP contribution in [0.3, 0.4) is 0 Å². The fourth-order valence-corrected chi connectivity index (χ4v) is 1.08. The summed E-state index contributed by atoms with van der Waals surface area (Å²) < 4.78 is 1.74. The molecule has 0 saturated heterocycles. The van der Waals surface area contributed by atoms with Crippen LogP contribution in [0.25, 0.3) is 5.65 Å². The molecule has 2 rings (SSSR count). The van der Waals surface area contributed by atoms with Gasteiger partial charge in [0.25, 0.3) is 0 Å². The molecule has 0 aliphatic heterocycles. The molecule has 0 aliphatic carbocycles. The second-order valence-corrected chi connectivity index (χ2v) is 2.59. The first-order chi connectivity index (χ1) is 5.29. The lowest BCUT2D eigenvalue weighted by atomic mass is 10.6. The van der Waals surface area contributed by atoms with Gasteiger partial charge in [0.15, 0.2) is 5.65 Å². The molecule has 2 aromatic heterocycles. The lowest BCUT2D eigenvalue weighted by Crippen LogP contribution is -1.89. The number of halogens is 1. The standard InChI is InChI=1S/C6H5ClN4/c1-4-9-10-6-5(7)2-8-3-11(4)6/h2-3H,1H3. The number of fused-ring (bicyclic) bond motifs is 1. The minimum Gasteiger partial charge on any atom is -0.268 e. The summed E-state index contributed by atoms with van der Waals surface area (Å²) in [6.45, 7) is 1.85. The monoisotopic (exact) mass is 168 g/mol. The van der Waals surface area contributed by atoms with Crippen LogP contribution in [-0.2, 0) is 0 Å². The zero-order chi connectivity index (χ0) is 7.84. The minimum atomic E-state index is 0.521. The van der Waals surface area contributed by atoms with E-state index in [9.17, 15) is 0 Å². The van der Waals surface area contributed by atoms with Gasteiger partial charge in [0, 0.05) is 0 Å². The molecule has 0 spiro atoms. The number of aryl methyl sites for hydroxylation is 1. The van der Waals surface area contributed by atoms with Crippen LogP contribution in [0.15, 0.2) is 12.5 Å². The summed E-state index contributed by atoms with van der Waals surface area (Å²) in [5.41, 5.74) is 0.652. The third-order valence-corrected chi connectivity index (χ3v) is 1.72. The van der Waals surface area contributed by atoms with Crippen LogP contribution in [-0.4, -0.2) is 19.6 Å². The second kappa shape index (κ2) is 2.17. The molecular weight excluding hydrogens is 164 g/mol. The first-order valence-corrected chi connectivity index (χ1v) is 3.47. The van der Waals surface area contributed by atoms with Crippen molar-refractivity contribution in [3.8, 4) is 0 Å². The number of rotatable bonds is 0. The lowest BCUT2D eigenvalue weighted by Gasteiger charge is -1.92. The number of aromatic nitrogens is 4. The van der Waals surface area contributed by atoms with Gasteiger partial charge in [-0.15, -0.1) is 10.2 Å². The van der Waals surface area contributed by atoms with Gasteiger partial charge in [0.2, 0.25) is 0 Å². The quantitative estimate of drug-likeness (QED) is 0.592. The van der Waals surface area contributed by atoms with Crippen molar-refractivity contribution in [2.75, 3.05) is 0 Å². The van der Waals surface area contributed by atoms with Crippen LogP contribution < -0.4 is 0 Å². The molecule has 0 fully saturated rings. The first-order valence-electron chi connectivity index (χ1n) is 3.10. The largest absolute Gasteiger partial charge is 0.268 e. The van der Waals surface area contributed by atoms with Gasteiger partial charge in [0.1, 0.15) is 17.2 Å². The summed E-state index contributed by atoms with van der Waals surface area (Å²) in [7, 11) is 0. The van der Waals surface area contributed by atoms with E-state index in [1.165, 1.54) is 0 Å². The Kier molecular flexibility index (Phi) is 1.29. The van der Waals surface area contributed by atoms with Gasteiger partial charge in [-0.05, 0) is 6.92 Å². The van der Waals surface area contributed by atoms with Crippen LogP contribution in [0.2, 0.25) is 5.02 Å². The van der Waals surface area contributed by atoms with Crippen molar-refractivity contribution >= 4 is 17.2 Å². The maximum Gasteiger partial charge on any atom is 0.182 e. The Bertz CT molecular complexity index is 394. The Morgan fingerprint density at radius 3 is 3.00 bits per heavy atom. The SMILES string of the molecule is Cc1nnc2c(Cl)cncn12. The summed E-state index contributed by atoms with van der Waals surface area (Å²) in [5, 5.41) is 8.23. The fraction of sp³-hybridized carbons (Fsp3) is 0.167. The molecule has 0 aliphatic rings. The number of hydrogen-bond donors (Lipinski definition) is 0. The maximum absolute atomic E-state index is 5.78. The normalized spacial score (nSPS) is 10.7. The fourth-order valence-electron chi connectivity index (χ4n) is 0.894. The minimum absolute atomic E-state index is 0.521. The number of nitrogens with zero attached hydrogens (tertiary/aromatic N) is 4. The van der Waals surface area contributed by atoms with Crippen LogP contribution in [0.5, 0.6) is 0 Å². The van der Waals surface area contributed by atoms with E-state index in [1.807, 2.05) is 6.92 Å². The Balaban J connectivity index is 2.94. The molecule has 0 radical (unpaired) electrons. The molecule has 56 valence electrons. The van der Waals surface area contributed by atoms with E-state index in [0.717, 1.165) is 5.82 Å². The third-order valence-electron chi connectivity index (χ3n) is 1.45. The Labute approximate surface area is 67.8 Å². The van der Waals surface area contributed by atoms with Crippen LogP contribution in [0, 0.1) is 6.92 Å². The van der Waals surface area contributed by atoms with E-state index in [1.54, 1.807) is 16.9 Å². The lowest BCUT2D eigenvalue weighted by molar-refractivity contribution is 0.983. The van der Waals surface area contributed by atoms with Crippen LogP contribution >= 0.6 is 11.6 Å². The molecule has 0 N–H and O–H groups in total. The zero-order valence-electron chi connectivity index (χ0n) is 5.82. The Morgan fingerprint density at radius 2 is 2.27 bits per heavy atom. The highest BCUT2D eigenvalue weighted by atomic mass is 35.5. The van der Waals surface area contributed by atoms with Gasteiger partial charge in [-0.25, -0.2) is 4.98 Å². The second-order valence-electron chi connectivity index (χ2n) is 2.18. The highest BCUT2D eigenvalue weighted by Gasteiger charge is 2.02. The summed E-state index contributed by atoms with van der Waals surface area (Å²) in [6, 6.07) is 0. The molecule has 4 nitrogen and oxygen atoms in total. The summed E-state index contributed by atoms with van der Waals surface area (Å²) in [5.74, 6) is 0.787. The van der Waals surface area contributed by atoms with Gasteiger partial charge >= 0.3 is 0 Å². The molecule has 0 amide bonds. The summed E-state index contributed by atoms with van der Waals surface area (Å²) in [6.07, 6.45) is 3.18. The molecule has 5 heteroatoms. The highest BCUT2D eigenvalue weighted by molar-refractivity contribution is 6.33. The van der Waals surface area contributed by atoms with E-state index >= 15 is 0 Å². The highest BCUT2D eigenvalue weighted by Crippen LogP contribution is 2.12. The molecule has 2 heterocycles. The molecule has 0 saturated carbocycles. The predicted octanol–water partition coefficient (Wildman–Crippen LogP) is 1.09. The molecule has 0 bridgehead atoms. The van der Waals surface area contributed by atoms with Crippen molar-refractivity contribution in [3.63, 3.8) is 0 Å². The topological polar surface area (TPSA) is 43.1 Å². The molecule has 11 heavy (non-hydrogen) atoms. The third kappa shape index (κ3) is 0.867. The Morgan fingerprint density at radius 1 is 1.45 bits per heavy atom. The summed E-state index contributed by atoms with van der Waals surface area (Å²) in [4.78, 5) is 3.90. The van der Waals surface area contributed by atoms with Gasteiger partial charge < -0.3 is 0 Å². The average Bonchev–Trinajstić information content (AvgIpc) is 2.35. The molecule has 0 unspecified atom stereocenters. The van der Waals surface area contributed by atoms with Crippen molar-refractivity contribution < 1.29 is 0 Å². The van der Waals surface area contributed by atoms with E-state index in [-0.39, 0.29) is 0 Å². The van der Waals surface area contributed by atoms with E-state index < -0.39 is 0 Å². The van der Waals surface area contributed by atoms with Gasteiger partial charge in [-0.1, -0.05) is 11.6 Å². The van der Waals surface area contributed by atoms with Crippen molar-refractivity contribution in [1.29, 1.82) is 0 Å². The van der Waals surface area contributed by atoms with E-state index in [4.69, 9.17) is 11.6 Å². The zero-order valence-corrected chi connectivity index (χ0v) is 6.58. The molecule has 0 atom stereocenters. The van der Waals surface area contributed by atoms with Crippen molar-refractivity contribution in [1.82, 2.24) is 19.6 Å². The predicted molar refractivity (Wildman–Crippen MR) is 40.5 cm³/mol. The van der Waals surface area contributed by atoms with Crippen molar-refractivity contribution in [3.05, 3.63) is 23.4 Å².